The average molecular weight is 190 g/mol. The van der Waals surface area contributed by atoms with Gasteiger partial charge in [0, 0.05) is 19.7 Å². The van der Waals surface area contributed by atoms with Crippen molar-refractivity contribution in [2.75, 3.05) is 33.4 Å². The fraction of sp³-hybridized carbons (Fsp3) is 0.875. The third-order valence-corrected chi connectivity index (χ3v) is 1.45. The number of rotatable bonds is 7. The van der Waals surface area contributed by atoms with Crippen LogP contribution < -0.4 is 10.6 Å². The first-order valence-corrected chi connectivity index (χ1v) is 4.30. The summed E-state index contributed by atoms with van der Waals surface area (Å²) in [6.07, 6.45) is 0. The van der Waals surface area contributed by atoms with E-state index in [1.165, 1.54) is 0 Å². The maximum Gasteiger partial charge on any atom is 0.234 e. The van der Waals surface area contributed by atoms with Gasteiger partial charge in [0.25, 0.3) is 0 Å². The summed E-state index contributed by atoms with van der Waals surface area (Å²) in [7, 11) is 1.61. The van der Waals surface area contributed by atoms with Crippen LogP contribution in [0.3, 0.4) is 0 Å². The average Bonchev–Trinajstić information content (AvgIpc) is 2.12. The van der Waals surface area contributed by atoms with Crippen molar-refractivity contribution in [3.8, 4) is 0 Å². The summed E-state index contributed by atoms with van der Waals surface area (Å²) in [4.78, 5) is 11.0. The molecular weight excluding hydrogens is 172 g/mol. The molecule has 5 nitrogen and oxygen atoms in total. The predicted molar refractivity (Wildman–Crippen MR) is 49.4 cm³/mol. The molecule has 78 valence electrons. The van der Waals surface area contributed by atoms with Crippen LogP contribution in [-0.2, 0) is 9.53 Å². The van der Waals surface area contributed by atoms with E-state index in [1.807, 2.05) is 0 Å². The van der Waals surface area contributed by atoms with Gasteiger partial charge < -0.3 is 20.5 Å². The van der Waals surface area contributed by atoms with E-state index in [-0.39, 0.29) is 25.1 Å². The highest BCUT2D eigenvalue weighted by Crippen LogP contribution is 1.77. The van der Waals surface area contributed by atoms with Gasteiger partial charge in [-0.15, -0.1) is 0 Å². The number of ether oxygens (including phenoxy) is 1. The standard InChI is InChI=1S/C8H18N2O3/c1-7(6-11)10-8(12)5-9-3-4-13-2/h7,9,11H,3-6H2,1-2H3,(H,10,12). The molecule has 0 aromatic heterocycles. The van der Waals surface area contributed by atoms with E-state index < -0.39 is 0 Å². The van der Waals surface area contributed by atoms with E-state index in [4.69, 9.17) is 9.84 Å². The van der Waals surface area contributed by atoms with Gasteiger partial charge in [-0.05, 0) is 6.92 Å². The number of carbonyl (C=O) groups is 1. The Morgan fingerprint density at radius 2 is 2.31 bits per heavy atom. The molecule has 1 unspecified atom stereocenters. The van der Waals surface area contributed by atoms with Gasteiger partial charge in [0.05, 0.1) is 19.8 Å². The fourth-order valence-electron chi connectivity index (χ4n) is 0.748. The largest absolute Gasteiger partial charge is 0.394 e. The minimum Gasteiger partial charge on any atom is -0.394 e. The van der Waals surface area contributed by atoms with Crippen molar-refractivity contribution in [1.29, 1.82) is 0 Å². The summed E-state index contributed by atoms with van der Waals surface area (Å²) in [5.74, 6) is -0.113. The number of hydrogen-bond acceptors (Lipinski definition) is 4. The van der Waals surface area contributed by atoms with Crippen molar-refractivity contribution in [3.63, 3.8) is 0 Å². The molecule has 3 N–H and O–H groups in total. The number of nitrogens with one attached hydrogen (secondary N) is 2. The van der Waals surface area contributed by atoms with E-state index in [1.54, 1.807) is 14.0 Å². The quantitative estimate of drug-likeness (QED) is 0.437. The molecule has 0 saturated carbocycles. The molecule has 5 heteroatoms. The normalized spacial score (nSPS) is 12.5. The van der Waals surface area contributed by atoms with Gasteiger partial charge in [-0.25, -0.2) is 0 Å². The van der Waals surface area contributed by atoms with Gasteiger partial charge in [-0.1, -0.05) is 0 Å². The Balaban J connectivity index is 3.30. The second kappa shape index (κ2) is 7.97. The van der Waals surface area contributed by atoms with Gasteiger partial charge in [0.15, 0.2) is 0 Å². The van der Waals surface area contributed by atoms with Crippen molar-refractivity contribution in [2.45, 2.75) is 13.0 Å². The summed E-state index contributed by atoms with van der Waals surface area (Å²) in [5, 5.41) is 14.1. The van der Waals surface area contributed by atoms with Crippen LogP contribution in [0.1, 0.15) is 6.92 Å². The molecule has 0 heterocycles. The lowest BCUT2D eigenvalue weighted by Gasteiger charge is -2.10. The number of aliphatic hydroxyl groups is 1. The second-order valence-electron chi connectivity index (χ2n) is 2.82. The molecule has 0 aliphatic carbocycles. The Bertz CT molecular complexity index is 141. The maximum absolute atomic E-state index is 11.0. The summed E-state index contributed by atoms with van der Waals surface area (Å²) in [6, 6.07) is -0.184. The zero-order chi connectivity index (χ0) is 10.1. The van der Waals surface area contributed by atoms with Crippen LogP contribution in [-0.4, -0.2) is 50.5 Å². The van der Waals surface area contributed by atoms with E-state index in [9.17, 15) is 4.79 Å². The van der Waals surface area contributed by atoms with E-state index in [2.05, 4.69) is 10.6 Å². The predicted octanol–water partition coefficient (Wildman–Crippen LogP) is -1.28. The number of amides is 1. The molecule has 1 amide bonds. The van der Waals surface area contributed by atoms with Gasteiger partial charge in [-0.3, -0.25) is 4.79 Å². The lowest BCUT2D eigenvalue weighted by atomic mass is 10.3. The zero-order valence-corrected chi connectivity index (χ0v) is 8.17. The first-order chi connectivity index (χ1) is 6.20. The summed E-state index contributed by atoms with van der Waals surface area (Å²) in [6.45, 7) is 3.20. The highest BCUT2D eigenvalue weighted by atomic mass is 16.5. The summed E-state index contributed by atoms with van der Waals surface area (Å²) in [5.41, 5.74) is 0. The Morgan fingerprint density at radius 1 is 1.62 bits per heavy atom. The first-order valence-electron chi connectivity index (χ1n) is 4.30. The van der Waals surface area contributed by atoms with Crippen LogP contribution in [0.15, 0.2) is 0 Å². The van der Waals surface area contributed by atoms with Gasteiger partial charge in [0.1, 0.15) is 0 Å². The number of hydrogen-bond donors (Lipinski definition) is 3. The minimum absolute atomic E-state index is 0.0379. The molecule has 0 spiro atoms. The van der Waals surface area contributed by atoms with Crippen molar-refractivity contribution in [1.82, 2.24) is 10.6 Å². The first kappa shape index (κ1) is 12.3. The van der Waals surface area contributed by atoms with Crippen LogP contribution in [0.25, 0.3) is 0 Å². The van der Waals surface area contributed by atoms with Crippen molar-refractivity contribution in [2.24, 2.45) is 0 Å². The molecule has 0 radical (unpaired) electrons. The SMILES string of the molecule is COCCNCC(=O)NC(C)CO. The maximum atomic E-state index is 11.0. The Morgan fingerprint density at radius 3 is 2.85 bits per heavy atom. The zero-order valence-electron chi connectivity index (χ0n) is 8.17. The third-order valence-electron chi connectivity index (χ3n) is 1.45. The Kier molecular flexibility index (Phi) is 7.57. The minimum atomic E-state index is -0.184. The molecule has 13 heavy (non-hydrogen) atoms. The van der Waals surface area contributed by atoms with Gasteiger partial charge in [0.2, 0.25) is 5.91 Å². The number of aliphatic hydroxyl groups excluding tert-OH is 1. The molecule has 0 rings (SSSR count). The third kappa shape index (κ3) is 7.70. The molecule has 0 aromatic carbocycles. The van der Waals surface area contributed by atoms with E-state index in [0.717, 1.165) is 0 Å². The number of methoxy groups -OCH3 is 1. The Labute approximate surface area is 78.5 Å². The van der Waals surface area contributed by atoms with Crippen LogP contribution in [0.2, 0.25) is 0 Å². The van der Waals surface area contributed by atoms with Gasteiger partial charge in [-0.2, -0.15) is 0 Å². The summed E-state index contributed by atoms with van der Waals surface area (Å²) < 4.78 is 4.79. The van der Waals surface area contributed by atoms with Crippen LogP contribution in [0.5, 0.6) is 0 Å². The molecule has 0 saturated heterocycles. The van der Waals surface area contributed by atoms with Crippen molar-refractivity contribution in [3.05, 3.63) is 0 Å². The lowest BCUT2D eigenvalue weighted by molar-refractivity contribution is -0.121. The molecule has 1 atom stereocenters. The number of carbonyl (C=O) groups excluding carboxylic acids is 1. The molecule has 0 aliphatic rings. The highest BCUT2D eigenvalue weighted by molar-refractivity contribution is 5.78. The van der Waals surface area contributed by atoms with Gasteiger partial charge >= 0.3 is 0 Å². The smallest absolute Gasteiger partial charge is 0.234 e. The van der Waals surface area contributed by atoms with Crippen molar-refractivity contribution < 1.29 is 14.6 Å². The van der Waals surface area contributed by atoms with Crippen LogP contribution >= 0.6 is 0 Å². The summed E-state index contributed by atoms with van der Waals surface area (Å²) >= 11 is 0. The Hall–Kier alpha value is -0.650. The highest BCUT2D eigenvalue weighted by Gasteiger charge is 2.04. The molecule has 0 fully saturated rings. The topological polar surface area (TPSA) is 70.6 Å². The van der Waals surface area contributed by atoms with Crippen LogP contribution in [0.4, 0.5) is 0 Å². The lowest BCUT2D eigenvalue weighted by Crippen LogP contribution is -2.41. The fourth-order valence-corrected chi connectivity index (χ4v) is 0.748. The molecule has 0 aromatic rings. The molecule has 0 aliphatic heterocycles. The molecular formula is C8H18N2O3. The van der Waals surface area contributed by atoms with Crippen LogP contribution in [0, 0.1) is 0 Å². The molecule has 0 bridgehead atoms. The van der Waals surface area contributed by atoms with E-state index >= 15 is 0 Å². The van der Waals surface area contributed by atoms with E-state index in [0.29, 0.717) is 13.2 Å². The van der Waals surface area contributed by atoms with Crippen molar-refractivity contribution >= 4 is 5.91 Å². The second-order valence-corrected chi connectivity index (χ2v) is 2.82. The monoisotopic (exact) mass is 190 g/mol.